The predicted molar refractivity (Wildman–Crippen MR) is 125 cm³/mol. The summed E-state index contributed by atoms with van der Waals surface area (Å²) in [7, 11) is 3.29. The molecule has 2 aliphatic rings. The van der Waals surface area contributed by atoms with Gasteiger partial charge in [0, 0.05) is 12.1 Å². The van der Waals surface area contributed by atoms with Crippen molar-refractivity contribution in [3.63, 3.8) is 0 Å². The third kappa shape index (κ3) is 5.36. The molecule has 6 heteroatoms. The van der Waals surface area contributed by atoms with Crippen LogP contribution in [-0.2, 0) is 0 Å². The number of carbonyl (C=O) groups is 1. The fraction of sp³-hybridized carbons (Fsp3) is 0.500. The summed E-state index contributed by atoms with van der Waals surface area (Å²) in [6.07, 6.45) is 7.21. The van der Waals surface area contributed by atoms with Gasteiger partial charge in [-0.25, -0.2) is 0 Å². The lowest BCUT2D eigenvalue weighted by atomic mass is 10.0. The second-order valence-corrected chi connectivity index (χ2v) is 8.63. The smallest absolute Gasteiger partial charge is 0.251 e. The average Bonchev–Trinajstić information content (AvgIpc) is 3.54. The summed E-state index contributed by atoms with van der Waals surface area (Å²) >= 11 is 0. The Balaban J connectivity index is 1.43. The van der Waals surface area contributed by atoms with Crippen molar-refractivity contribution in [3.05, 3.63) is 53.6 Å². The molecule has 2 fully saturated rings. The van der Waals surface area contributed by atoms with Crippen LogP contribution in [-0.4, -0.2) is 50.8 Å². The van der Waals surface area contributed by atoms with Crippen molar-refractivity contribution in [2.45, 2.75) is 50.7 Å². The highest BCUT2D eigenvalue weighted by molar-refractivity contribution is 5.94. The number of hydrogen-bond acceptors (Lipinski definition) is 5. The van der Waals surface area contributed by atoms with Crippen LogP contribution in [0.2, 0.25) is 0 Å². The third-order valence-electron chi connectivity index (χ3n) is 6.56. The number of methoxy groups -OCH3 is 2. The largest absolute Gasteiger partial charge is 0.497 e. The van der Waals surface area contributed by atoms with Gasteiger partial charge in [0.05, 0.1) is 26.4 Å². The summed E-state index contributed by atoms with van der Waals surface area (Å²) in [6, 6.07) is 13.7. The maximum absolute atomic E-state index is 13.0. The fourth-order valence-electron chi connectivity index (χ4n) is 4.72. The number of amides is 1. The molecule has 0 spiro atoms. The SMILES string of the molecule is COc1ccc([C@H](CNC(=O)c2ccc(OC3CCCC3)c(OC)c2)N2CCCC2)cc1. The van der Waals surface area contributed by atoms with E-state index in [1.165, 1.54) is 31.2 Å². The van der Waals surface area contributed by atoms with Gasteiger partial charge in [0.2, 0.25) is 0 Å². The Morgan fingerprint density at radius 1 is 0.969 bits per heavy atom. The Hall–Kier alpha value is -2.73. The quantitative estimate of drug-likeness (QED) is 0.620. The summed E-state index contributed by atoms with van der Waals surface area (Å²) < 4.78 is 16.9. The molecule has 1 N–H and O–H groups in total. The lowest BCUT2D eigenvalue weighted by molar-refractivity contribution is 0.0937. The first-order valence-electron chi connectivity index (χ1n) is 11.7. The van der Waals surface area contributed by atoms with E-state index in [4.69, 9.17) is 14.2 Å². The predicted octanol–water partition coefficient (Wildman–Crippen LogP) is 4.59. The minimum absolute atomic E-state index is 0.103. The van der Waals surface area contributed by atoms with Crippen LogP contribution in [0.15, 0.2) is 42.5 Å². The standard InChI is InChI=1S/C26H34N2O4/c1-30-21-12-9-19(10-13-21)23(28-15-5-6-16-28)18-27-26(29)20-11-14-24(25(17-20)31-2)32-22-7-3-4-8-22/h9-14,17,22-23H,3-8,15-16,18H2,1-2H3,(H,27,29)/t23-/m0/s1. The lowest BCUT2D eigenvalue weighted by Crippen LogP contribution is -2.36. The highest BCUT2D eigenvalue weighted by atomic mass is 16.5. The number of rotatable bonds is 9. The van der Waals surface area contributed by atoms with Gasteiger partial charge < -0.3 is 19.5 Å². The molecule has 2 aromatic carbocycles. The zero-order valence-corrected chi connectivity index (χ0v) is 19.1. The van der Waals surface area contributed by atoms with E-state index in [-0.39, 0.29) is 18.1 Å². The molecule has 0 aromatic heterocycles. The lowest BCUT2D eigenvalue weighted by Gasteiger charge is -2.28. The van der Waals surface area contributed by atoms with Gasteiger partial charge in [-0.1, -0.05) is 12.1 Å². The van der Waals surface area contributed by atoms with Crippen LogP contribution in [0, 0.1) is 0 Å². The van der Waals surface area contributed by atoms with E-state index in [1.807, 2.05) is 24.3 Å². The molecule has 1 amide bonds. The number of nitrogens with one attached hydrogen (secondary N) is 1. The van der Waals surface area contributed by atoms with Crippen molar-refractivity contribution in [2.24, 2.45) is 0 Å². The maximum atomic E-state index is 13.0. The molecule has 172 valence electrons. The molecule has 0 radical (unpaired) electrons. The van der Waals surface area contributed by atoms with Gasteiger partial charge in [0.15, 0.2) is 11.5 Å². The molecule has 4 rings (SSSR count). The third-order valence-corrected chi connectivity index (χ3v) is 6.56. The molecule has 1 saturated heterocycles. The molecule has 0 unspecified atom stereocenters. The number of likely N-dealkylation sites (tertiary alicyclic amines) is 1. The Morgan fingerprint density at radius 2 is 1.69 bits per heavy atom. The van der Waals surface area contributed by atoms with E-state index >= 15 is 0 Å². The van der Waals surface area contributed by atoms with E-state index in [0.717, 1.165) is 31.7 Å². The van der Waals surface area contributed by atoms with Crippen molar-refractivity contribution < 1.29 is 19.0 Å². The molecule has 1 aliphatic carbocycles. The molecule has 0 bridgehead atoms. The normalized spacial score (nSPS) is 17.8. The van der Waals surface area contributed by atoms with Gasteiger partial charge in [-0.05, 0) is 87.5 Å². The number of nitrogens with zero attached hydrogens (tertiary/aromatic N) is 1. The van der Waals surface area contributed by atoms with E-state index in [9.17, 15) is 4.79 Å². The van der Waals surface area contributed by atoms with Gasteiger partial charge in [0.25, 0.3) is 5.91 Å². The van der Waals surface area contributed by atoms with Crippen LogP contribution in [0.1, 0.15) is 60.5 Å². The molecular weight excluding hydrogens is 404 g/mol. The molecule has 1 heterocycles. The summed E-state index contributed by atoms with van der Waals surface area (Å²) in [4.78, 5) is 15.4. The Kier molecular flexibility index (Phi) is 7.53. The number of hydrogen-bond donors (Lipinski definition) is 1. The Bertz CT molecular complexity index is 887. The molecule has 32 heavy (non-hydrogen) atoms. The van der Waals surface area contributed by atoms with E-state index in [0.29, 0.717) is 23.6 Å². The molecule has 1 aliphatic heterocycles. The van der Waals surface area contributed by atoms with Gasteiger partial charge in [0.1, 0.15) is 5.75 Å². The van der Waals surface area contributed by atoms with Crippen molar-refractivity contribution in [2.75, 3.05) is 33.9 Å². The summed E-state index contributed by atoms with van der Waals surface area (Å²) in [5.74, 6) is 2.05. The van der Waals surface area contributed by atoms with Crippen molar-refractivity contribution in [1.82, 2.24) is 10.2 Å². The second kappa shape index (κ2) is 10.7. The minimum atomic E-state index is -0.103. The molecule has 2 aromatic rings. The number of ether oxygens (including phenoxy) is 3. The van der Waals surface area contributed by atoms with Crippen LogP contribution in [0.25, 0.3) is 0 Å². The molecule has 6 nitrogen and oxygen atoms in total. The van der Waals surface area contributed by atoms with Crippen LogP contribution >= 0.6 is 0 Å². The first-order chi connectivity index (χ1) is 15.7. The van der Waals surface area contributed by atoms with Crippen LogP contribution in [0.5, 0.6) is 17.2 Å². The van der Waals surface area contributed by atoms with Crippen molar-refractivity contribution in [3.8, 4) is 17.2 Å². The topological polar surface area (TPSA) is 60.0 Å². The van der Waals surface area contributed by atoms with Crippen LogP contribution in [0.4, 0.5) is 0 Å². The Labute approximate surface area is 190 Å². The monoisotopic (exact) mass is 438 g/mol. The van der Waals surface area contributed by atoms with Gasteiger partial charge >= 0.3 is 0 Å². The summed E-state index contributed by atoms with van der Waals surface area (Å²) in [5.41, 5.74) is 1.77. The van der Waals surface area contributed by atoms with E-state index in [2.05, 4.69) is 22.3 Å². The van der Waals surface area contributed by atoms with Gasteiger partial charge in [-0.15, -0.1) is 0 Å². The average molecular weight is 439 g/mol. The van der Waals surface area contributed by atoms with Gasteiger partial charge in [-0.3, -0.25) is 9.69 Å². The fourth-order valence-corrected chi connectivity index (χ4v) is 4.72. The second-order valence-electron chi connectivity index (χ2n) is 8.63. The summed E-state index contributed by atoms with van der Waals surface area (Å²) in [6.45, 7) is 2.65. The minimum Gasteiger partial charge on any atom is -0.497 e. The zero-order chi connectivity index (χ0) is 22.3. The van der Waals surface area contributed by atoms with Crippen LogP contribution in [0.3, 0.4) is 0 Å². The first-order valence-corrected chi connectivity index (χ1v) is 11.7. The van der Waals surface area contributed by atoms with Crippen LogP contribution < -0.4 is 19.5 Å². The van der Waals surface area contributed by atoms with E-state index < -0.39 is 0 Å². The van der Waals surface area contributed by atoms with Crippen molar-refractivity contribution >= 4 is 5.91 Å². The highest BCUT2D eigenvalue weighted by Crippen LogP contribution is 2.32. The van der Waals surface area contributed by atoms with Crippen molar-refractivity contribution in [1.29, 1.82) is 0 Å². The number of carbonyl (C=O) groups excluding carboxylic acids is 1. The Morgan fingerprint density at radius 3 is 2.34 bits per heavy atom. The summed E-state index contributed by atoms with van der Waals surface area (Å²) in [5, 5.41) is 3.14. The van der Waals surface area contributed by atoms with Gasteiger partial charge in [-0.2, -0.15) is 0 Å². The highest BCUT2D eigenvalue weighted by Gasteiger charge is 2.25. The molecule has 1 atom stereocenters. The first kappa shape index (κ1) is 22.5. The molecular formula is C26H34N2O4. The maximum Gasteiger partial charge on any atom is 0.251 e. The molecule has 1 saturated carbocycles. The zero-order valence-electron chi connectivity index (χ0n) is 19.1. The van der Waals surface area contributed by atoms with E-state index in [1.54, 1.807) is 20.3 Å². The number of benzene rings is 2.